The highest BCUT2D eigenvalue weighted by Crippen LogP contribution is 2.43. The van der Waals surface area contributed by atoms with E-state index in [-0.39, 0.29) is 24.2 Å². The number of carbonyl (C=O) groups is 1. The first-order valence-corrected chi connectivity index (χ1v) is 11.3. The van der Waals surface area contributed by atoms with Crippen molar-refractivity contribution >= 4 is 34.2 Å². The molecule has 1 fully saturated rings. The van der Waals surface area contributed by atoms with Crippen molar-refractivity contribution in [1.82, 2.24) is 4.90 Å². The van der Waals surface area contributed by atoms with Crippen LogP contribution in [0.4, 0.5) is 11.4 Å². The van der Waals surface area contributed by atoms with Crippen LogP contribution >= 0.6 is 11.8 Å². The van der Waals surface area contributed by atoms with Gasteiger partial charge in [-0.25, -0.2) is 0 Å². The number of anilines is 2. The Kier molecular flexibility index (Phi) is 5.26. The van der Waals surface area contributed by atoms with Gasteiger partial charge in [0.15, 0.2) is 5.17 Å². The van der Waals surface area contributed by atoms with Gasteiger partial charge in [-0.15, -0.1) is 0 Å². The number of aliphatic imine (C=N–C) groups is 1. The lowest BCUT2D eigenvalue weighted by Gasteiger charge is -2.39. The molecule has 156 valence electrons. The number of nitrogens with one attached hydrogen (secondary N) is 1. The van der Waals surface area contributed by atoms with Gasteiger partial charge >= 0.3 is 0 Å². The van der Waals surface area contributed by atoms with E-state index in [0.717, 1.165) is 48.3 Å². The maximum absolute atomic E-state index is 13.5. The van der Waals surface area contributed by atoms with E-state index in [0.29, 0.717) is 0 Å². The van der Waals surface area contributed by atoms with E-state index in [4.69, 9.17) is 4.74 Å². The summed E-state index contributed by atoms with van der Waals surface area (Å²) in [7, 11) is 0. The zero-order valence-electron chi connectivity index (χ0n) is 17.2. The maximum atomic E-state index is 13.5. The number of rotatable bonds is 4. The SMILES string of the molecule is CC1CN(C(C(=O)Nc2ccc3c(c2)N2CCN=C2S3)c2ccccc2)CC(C)O1. The molecule has 3 aliphatic rings. The second-order valence-electron chi connectivity index (χ2n) is 8.11. The second kappa shape index (κ2) is 8.06. The van der Waals surface area contributed by atoms with Crippen LogP contribution in [0.1, 0.15) is 25.5 Å². The molecule has 0 spiro atoms. The Labute approximate surface area is 181 Å². The fourth-order valence-electron chi connectivity index (χ4n) is 4.53. The van der Waals surface area contributed by atoms with E-state index in [9.17, 15) is 4.79 Å². The Morgan fingerprint density at radius 2 is 1.93 bits per heavy atom. The quantitative estimate of drug-likeness (QED) is 0.813. The first-order chi connectivity index (χ1) is 14.6. The van der Waals surface area contributed by atoms with Crippen LogP contribution < -0.4 is 10.2 Å². The lowest BCUT2D eigenvalue weighted by molar-refractivity contribution is -0.128. The van der Waals surface area contributed by atoms with Crippen molar-refractivity contribution < 1.29 is 9.53 Å². The summed E-state index contributed by atoms with van der Waals surface area (Å²) in [5, 5.41) is 4.24. The van der Waals surface area contributed by atoms with Gasteiger partial charge in [-0.1, -0.05) is 30.3 Å². The topological polar surface area (TPSA) is 57.2 Å². The summed E-state index contributed by atoms with van der Waals surface area (Å²) in [5.41, 5.74) is 2.96. The molecular weight excluding hydrogens is 396 g/mol. The molecule has 2 aromatic rings. The third-order valence-corrected chi connectivity index (χ3v) is 6.79. The fraction of sp³-hybridized carbons (Fsp3) is 0.391. The first kappa shape index (κ1) is 19.6. The summed E-state index contributed by atoms with van der Waals surface area (Å²) in [5.74, 6) is -0.0107. The number of hydrogen-bond acceptors (Lipinski definition) is 6. The number of hydrogen-bond donors (Lipinski definition) is 1. The molecule has 3 heterocycles. The van der Waals surface area contributed by atoms with Crippen LogP contribution in [0.2, 0.25) is 0 Å². The van der Waals surface area contributed by atoms with E-state index in [2.05, 4.69) is 46.1 Å². The predicted octanol–water partition coefficient (Wildman–Crippen LogP) is 3.76. The number of amides is 1. The summed E-state index contributed by atoms with van der Waals surface area (Å²) >= 11 is 1.70. The minimum absolute atomic E-state index is 0.0107. The highest BCUT2D eigenvalue weighted by molar-refractivity contribution is 8.14. The van der Waals surface area contributed by atoms with Gasteiger partial charge in [-0.05, 0) is 49.4 Å². The van der Waals surface area contributed by atoms with Gasteiger partial charge in [0.2, 0.25) is 5.91 Å². The van der Waals surface area contributed by atoms with Crippen LogP contribution in [0.25, 0.3) is 0 Å². The first-order valence-electron chi connectivity index (χ1n) is 10.5. The van der Waals surface area contributed by atoms with E-state index in [1.165, 1.54) is 4.90 Å². The van der Waals surface area contributed by atoms with Crippen molar-refractivity contribution in [1.29, 1.82) is 0 Å². The average molecular weight is 423 g/mol. The number of thioether (sulfide) groups is 1. The summed E-state index contributed by atoms with van der Waals surface area (Å²) < 4.78 is 5.90. The number of nitrogens with zero attached hydrogens (tertiary/aromatic N) is 3. The molecule has 30 heavy (non-hydrogen) atoms. The van der Waals surface area contributed by atoms with Crippen molar-refractivity contribution in [2.24, 2.45) is 4.99 Å². The van der Waals surface area contributed by atoms with Gasteiger partial charge < -0.3 is 15.0 Å². The molecule has 3 aliphatic heterocycles. The number of amidine groups is 1. The average Bonchev–Trinajstić information content (AvgIpc) is 3.30. The summed E-state index contributed by atoms with van der Waals surface area (Å²) in [6, 6.07) is 15.8. The molecule has 7 heteroatoms. The molecule has 0 aromatic heterocycles. The Morgan fingerprint density at radius 3 is 2.70 bits per heavy atom. The largest absolute Gasteiger partial charge is 0.373 e. The molecule has 0 saturated carbocycles. The summed E-state index contributed by atoms with van der Waals surface area (Å²) in [6.45, 7) is 7.33. The highest BCUT2D eigenvalue weighted by atomic mass is 32.2. The van der Waals surface area contributed by atoms with E-state index in [1.54, 1.807) is 11.8 Å². The third-order valence-electron chi connectivity index (χ3n) is 5.70. The van der Waals surface area contributed by atoms with E-state index in [1.807, 2.05) is 36.4 Å². The minimum Gasteiger partial charge on any atom is -0.373 e. The summed E-state index contributed by atoms with van der Waals surface area (Å²) in [6.07, 6.45) is 0.190. The van der Waals surface area contributed by atoms with Crippen molar-refractivity contribution in [3.8, 4) is 0 Å². The smallest absolute Gasteiger partial charge is 0.246 e. The molecule has 0 bridgehead atoms. The molecular formula is C23H26N4O2S. The lowest BCUT2D eigenvalue weighted by Crippen LogP contribution is -2.49. The zero-order chi connectivity index (χ0) is 20.7. The monoisotopic (exact) mass is 422 g/mol. The number of benzene rings is 2. The van der Waals surface area contributed by atoms with Crippen molar-refractivity contribution in [2.75, 3.05) is 36.4 Å². The predicted molar refractivity (Wildman–Crippen MR) is 121 cm³/mol. The Hall–Kier alpha value is -2.35. The molecule has 0 aliphatic carbocycles. The number of carbonyl (C=O) groups excluding carboxylic acids is 1. The van der Waals surface area contributed by atoms with Crippen molar-refractivity contribution in [3.05, 3.63) is 54.1 Å². The standard InChI is InChI=1S/C23H26N4O2S/c1-15-13-26(14-16(2)29-15)21(17-6-4-3-5-7-17)22(28)25-18-8-9-20-19(12-18)27-11-10-24-23(27)30-20/h3-9,12,15-16,21H,10-11,13-14H2,1-2H3,(H,25,28). The molecule has 2 aromatic carbocycles. The van der Waals surface area contributed by atoms with Gasteiger partial charge in [0.25, 0.3) is 0 Å². The van der Waals surface area contributed by atoms with Gasteiger partial charge in [0.05, 0.1) is 24.4 Å². The van der Waals surface area contributed by atoms with Crippen molar-refractivity contribution in [3.63, 3.8) is 0 Å². The van der Waals surface area contributed by atoms with E-state index >= 15 is 0 Å². The second-order valence-corrected chi connectivity index (χ2v) is 9.12. The molecule has 3 unspecified atom stereocenters. The van der Waals surface area contributed by atoms with Crippen molar-refractivity contribution in [2.45, 2.75) is 37.0 Å². The van der Waals surface area contributed by atoms with Crippen LogP contribution in [0.3, 0.4) is 0 Å². The normalized spacial score (nSPS) is 24.2. The number of morpholine rings is 1. The molecule has 3 atom stereocenters. The van der Waals surface area contributed by atoms with Crippen LogP contribution in [-0.2, 0) is 9.53 Å². The Bertz CT molecular complexity index is 970. The summed E-state index contributed by atoms with van der Waals surface area (Å²) in [4.78, 5) is 23.7. The molecule has 6 nitrogen and oxygen atoms in total. The van der Waals surface area contributed by atoms with Crippen LogP contribution in [0.5, 0.6) is 0 Å². The fourth-order valence-corrected chi connectivity index (χ4v) is 5.59. The van der Waals surface area contributed by atoms with Gasteiger partial charge in [-0.2, -0.15) is 0 Å². The highest BCUT2D eigenvalue weighted by Gasteiger charge is 2.34. The van der Waals surface area contributed by atoms with Gasteiger partial charge in [0, 0.05) is 30.2 Å². The molecule has 1 saturated heterocycles. The zero-order valence-corrected chi connectivity index (χ0v) is 18.1. The number of ether oxygens (including phenoxy) is 1. The molecule has 5 rings (SSSR count). The Morgan fingerprint density at radius 1 is 1.17 bits per heavy atom. The number of fused-ring (bicyclic) bond motifs is 3. The van der Waals surface area contributed by atoms with Crippen LogP contribution in [0.15, 0.2) is 58.4 Å². The minimum atomic E-state index is -0.355. The Balaban J connectivity index is 1.41. The maximum Gasteiger partial charge on any atom is 0.246 e. The van der Waals surface area contributed by atoms with Gasteiger partial charge in [-0.3, -0.25) is 14.7 Å². The lowest BCUT2D eigenvalue weighted by atomic mass is 10.0. The van der Waals surface area contributed by atoms with Crippen LogP contribution in [-0.4, -0.2) is 54.4 Å². The third kappa shape index (κ3) is 3.73. The van der Waals surface area contributed by atoms with Gasteiger partial charge in [0.1, 0.15) is 6.04 Å². The van der Waals surface area contributed by atoms with E-state index < -0.39 is 0 Å². The molecule has 1 N–H and O–H groups in total. The molecule has 1 amide bonds. The van der Waals surface area contributed by atoms with Crippen LogP contribution in [0, 0.1) is 0 Å². The molecule has 0 radical (unpaired) electrons.